The Morgan fingerprint density at radius 1 is 0.488 bits per heavy atom. The Hall–Kier alpha value is 16.1. The molecule has 4 aliphatic rings. The van der Waals surface area contributed by atoms with Gasteiger partial charge in [0.25, 0.3) is 0 Å². The number of aliphatic hydroxyl groups excluding tert-OH is 2. The van der Waals surface area contributed by atoms with E-state index in [4.69, 9.17) is 18.9 Å². The van der Waals surface area contributed by atoms with Crippen LogP contribution in [0.4, 0.5) is 0 Å². The topological polar surface area (TPSA) is 159 Å². The van der Waals surface area contributed by atoms with Gasteiger partial charge in [0.05, 0.1) is 48.7 Å². The highest BCUT2D eigenvalue weighted by atomic mass is 33.5. The zero-order valence-corrected chi connectivity index (χ0v) is 121. The lowest BCUT2D eigenvalue weighted by Crippen LogP contribution is -2.41. The fourth-order valence-corrected chi connectivity index (χ4v) is 584. The van der Waals surface area contributed by atoms with E-state index in [9.17, 15) is 29.4 Å². The molecule has 12 nitrogen and oxygen atoms in total. The maximum Gasteiger partial charge on any atom is 0.303 e. The van der Waals surface area contributed by atoms with Gasteiger partial charge in [-0.2, -0.15) is 0 Å². The Morgan fingerprint density at radius 2 is 0.810 bits per heavy atom. The number of aliphatic hydroxyl groups is 2. The highest BCUT2D eigenvalue weighted by Crippen LogP contribution is 3.35. The molecule has 0 aromatic carbocycles. The van der Waals surface area contributed by atoms with E-state index in [-0.39, 0.29) is 249 Å². The molecular weight excluding hydrogens is 2390 g/mol. The fraction of sp³-hybridized carbons (Fsp3) is 0.710. The second-order valence-electron chi connectivity index (χ2n) is 29.1. The van der Waals surface area contributed by atoms with Crippen LogP contribution in [0.3, 0.4) is 0 Å². The summed E-state index contributed by atoms with van der Waals surface area (Å²) in [4.78, 5) is 51.9. The standard InChI is InChI=1S/C30H49NO5.C20H31NO3.C12H22O2.H26P24.H25P23/c1-8-26(33)23(5)30-27(36-30)19-20(2)13-12-14-21(3)29-22(4)17-18-25(35-24(6)32)15-10-9-11-16-28(34)31(29)7;1-6-10-15(2)20-16(3)13-14-18(24-17(4)22)11-8-7-9-12-19(23)21(20)5;1-5-8(3)7-11-12(14-11)9(4)10(13)6-2;1-14(2)20(13)23(19(11)12)24(21(15(3)4)16(5)6)22(17(7)8)18(9)10;1-13-19(12)22(18(10)11)23(20(14(2)3)15(4)5)21(16(6)7)17(8)9/h12-14,17-18,20,22-23,25-27,29-30,33H,8-11,15-16,19H2,1-7H3;6,10,13-14,16,18,20H,1,7-9,11-12H2,2-5H3;5,8-13H,1,6-7H2,2-4H3;1-13H2;13H,1-12H2/b13-12+,18-17+,21-14+;14-13+,15-10+;;;/t20-,22+,23-,25?,26+,27-,29-,30-;16-,18?,20+;8-,9-,10+,11-,12-;;/m101../s1. The van der Waals surface area contributed by atoms with E-state index in [2.05, 4.69) is 315 Å². The van der Waals surface area contributed by atoms with Crippen LogP contribution in [0.2, 0.25) is 0 Å². The molecule has 2 N–H and O–H groups in total. The molecule has 32 unspecified atom stereocenters. The van der Waals surface area contributed by atoms with Gasteiger partial charge in [0.2, 0.25) is 11.8 Å². The zero-order valence-electron chi connectivity index (χ0n) is 72.7. The van der Waals surface area contributed by atoms with Gasteiger partial charge >= 0.3 is 11.9 Å². The summed E-state index contributed by atoms with van der Waals surface area (Å²) in [5.74, 6) is 1.32. The molecule has 2 amide bonds. The van der Waals surface area contributed by atoms with Crippen LogP contribution >= 0.6 is 378 Å². The Kier molecular flexibility index (Phi) is 86.8. The van der Waals surface area contributed by atoms with Crippen molar-refractivity contribution in [1.82, 2.24) is 9.80 Å². The molecule has 121 heavy (non-hydrogen) atoms. The Bertz CT molecular complexity index is 3040. The quantitative estimate of drug-likeness (QED) is 0.0200. The molecule has 46 atom stereocenters. The van der Waals surface area contributed by atoms with E-state index < -0.39 is 0 Å². The molecule has 0 aromatic heterocycles. The number of amides is 2. The van der Waals surface area contributed by atoms with Gasteiger partial charge in [0.15, 0.2) is 0 Å². The number of esters is 2. The molecule has 2 fully saturated rings. The summed E-state index contributed by atoms with van der Waals surface area (Å²) in [5.41, 5.74) is 2.21. The average molecular weight is 2540 g/mol. The first-order valence-electron chi connectivity index (χ1n) is 38.7. The summed E-state index contributed by atoms with van der Waals surface area (Å²) in [6, 6.07) is -0.0946. The van der Waals surface area contributed by atoms with Gasteiger partial charge in [-0.05, 0) is 261 Å². The molecule has 0 aromatic rings. The summed E-state index contributed by atoms with van der Waals surface area (Å²) in [6.07, 6.45) is 32.0. The summed E-state index contributed by atoms with van der Waals surface area (Å²) < 4.78 is 22.3. The van der Waals surface area contributed by atoms with E-state index in [0.29, 0.717) is 30.8 Å². The van der Waals surface area contributed by atoms with Crippen molar-refractivity contribution in [1.29, 1.82) is 0 Å². The third kappa shape index (κ3) is 54.9. The van der Waals surface area contributed by atoms with Gasteiger partial charge < -0.3 is 39.0 Å². The van der Waals surface area contributed by atoms with Crippen molar-refractivity contribution in [2.45, 2.75) is 234 Å². The van der Waals surface area contributed by atoms with E-state index in [1.165, 1.54) is 13.8 Å². The maximum atomic E-state index is 12.9. The molecule has 0 saturated carbocycles. The third-order valence-corrected chi connectivity index (χ3v) is 321. The number of rotatable bonds is 38. The number of nitrogens with zero attached hydrogens (tertiary/aromatic N) is 2. The maximum absolute atomic E-state index is 12.9. The minimum Gasteiger partial charge on any atom is -0.458 e. The van der Waals surface area contributed by atoms with E-state index >= 15 is 0 Å². The summed E-state index contributed by atoms with van der Waals surface area (Å²) >= 11 is 0. The highest BCUT2D eigenvalue weighted by molar-refractivity contribution is 9.41. The lowest BCUT2D eigenvalue weighted by Gasteiger charge is -2.48. The minimum atomic E-state index is -0.303. The minimum absolute atomic E-state index is 0.00181. The van der Waals surface area contributed by atoms with Crippen molar-refractivity contribution in [2.24, 2.45) is 35.5 Å². The van der Waals surface area contributed by atoms with Gasteiger partial charge in [-0.15, -0.1) is 230 Å². The highest BCUT2D eigenvalue weighted by Gasteiger charge is 2.49. The van der Waals surface area contributed by atoms with Crippen LogP contribution in [0, 0.1) is 35.5 Å². The second kappa shape index (κ2) is 76.6. The first-order valence-corrected chi connectivity index (χ1v) is 123. The van der Waals surface area contributed by atoms with Crippen LogP contribution in [0.1, 0.15) is 173 Å². The molecule has 0 bridgehead atoms. The molecule has 0 aliphatic carbocycles. The molecule has 4 aliphatic heterocycles. The van der Waals surface area contributed by atoms with E-state index in [1.54, 1.807) is 6.08 Å². The largest absolute Gasteiger partial charge is 0.458 e. The Balaban J connectivity index is 0.00000153. The van der Waals surface area contributed by atoms with Crippen molar-refractivity contribution in [2.75, 3.05) is 14.1 Å². The molecule has 2 saturated heterocycles. The zero-order chi connectivity index (χ0) is 93.5. The summed E-state index contributed by atoms with van der Waals surface area (Å²) in [6.45, 7) is 32.2. The molecule has 0 radical (unpaired) electrons. The number of carbonyl (C=O) groups excluding carboxylic acids is 4. The fourth-order valence-electron chi connectivity index (χ4n) is 12.9. The first-order chi connectivity index (χ1) is 56.3. The Labute approximate surface area is 819 Å². The second-order valence-corrected chi connectivity index (χ2v) is 214. The van der Waals surface area contributed by atoms with E-state index in [1.807, 2.05) is 69.0 Å². The number of carbonyl (C=O) groups is 4. The third-order valence-electron chi connectivity index (χ3n) is 19.1. The van der Waals surface area contributed by atoms with Crippen molar-refractivity contribution >= 4 is 402 Å². The van der Waals surface area contributed by atoms with Crippen LogP contribution in [0.5, 0.6) is 0 Å². The molecule has 59 heteroatoms. The molecule has 706 valence electrons. The van der Waals surface area contributed by atoms with Crippen molar-refractivity contribution in [3.05, 3.63) is 85.1 Å². The van der Waals surface area contributed by atoms with Gasteiger partial charge in [0.1, 0.15) is 12.2 Å². The Morgan fingerprint density at radius 3 is 1.10 bits per heavy atom. The summed E-state index contributed by atoms with van der Waals surface area (Å²) in [7, 11) is 85.0. The number of hydrogen-bond donors (Lipinski definition) is 2. The van der Waals surface area contributed by atoms with Gasteiger partial charge in [-0.3, -0.25) is 19.2 Å². The lowest BCUT2D eigenvalue weighted by atomic mass is 9.91. The molecular formula is C62H153N2O10P47. The average Bonchev–Trinajstić information content (AvgIpc) is 1.55. The summed E-state index contributed by atoms with van der Waals surface area (Å²) in [5, 5.41) is 19.7. The number of likely N-dealkylation sites (N-methyl/N-ethyl adjacent to an activating group) is 2. The van der Waals surface area contributed by atoms with Gasteiger partial charge in [-0.25, -0.2) is 0 Å². The van der Waals surface area contributed by atoms with Crippen molar-refractivity contribution in [3.8, 4) is 0 Å². The van der Waals surface area contributed by atoms with Gasteiger partial charge in [0, 0.05) is 52.6 Å². The van der Waals surface area contributed by atoms with Crippen LogP contribution in [0.25, 0.3) is 0 Å². The number of ether oxygens (including phenoxy) is 4. The predicted molar refractivity (Wildman–Crippen MR) is 696 cm³/mol. The normalized spacial score (nSPS) is 25.2. The molecule has 4 heterocycles. The monoisotopic (exact) mass is 2540 g/mol. The first kappa shape index (κ1) is 137. The number of hydrogen-bond acceptors (Lipinski definition) is 10. The van der Waals surface area contributed by atoms with Gasteiger partial charge in [-0.1, -0.05) is 143 Å². The van der Waals surface area contributed by atoms with Crippen LogP contribution in [-0.4, -0.2) is 119 Å². The number of allylic oxidation sites excluding steroid dienone is 6. The van der Waals surface area contributed by atoms with Crippen LogP contribution in [0.15, 0.2) is 85.1 Å². The number of epoxide rings is 2. The van der Waals surface area contributed by atoms with Crippen molar-refractivity contribution in [3.63, 3.8) is 0 Å². The van der Waals surface area contributed by atoms with Crippen molar-refractivity contribution < 1.29 is 48.3 Å². The molecule has 0 spiro atoms. The predicted octanol–water partition coefficient (Wildman–Crippen LogP) is 38.8. The van der Waals surface area contributed by atoms with Crippen LogP contribution < -0.4 is 0 Å². The smallest absolute Gasteiger partial charge is 0.303 e. The lowest BCUT2D eigenvalue weighted by molar-refractivity contribution is -0.145. The SMILES string of the molecule is C=C/C=C(\C)[C@@H]1[C@@H](C)/C=C/C(OC(C)=O)CCCCCC(=O)N1C.C=C[C@@H](C)C[C@H]1O[C@@H]1[C@H](C)[C@@H](O)CC.CC[C@H](O)[C@@H](C)[C@H]1O[C@@H]1C[C@H](C)/C=C/C=C(\C)[C@@H]1[C@@H](C)/C=C/C(OC(C)=O)CCCCCC(=O)N1C.PP(P)P(P)P(P(P)P)P(P(P(P)P)P(P)P)P(P(P)P)P(P)P.PPP(P)P(P(P)P)P(P(P(P)P)P(P)P)P(P(P)P)P(P)P. The van der Waals surface area contributed by atoms with E-state index in [0.717, 1.165) is 96.2 Å². The molecule has 4 rings (SSSR count). The van der Waals surface area contributed by atoms with Crippen LogP contribution in [-0.2, 0) is 38.1 Å².